The van der Waals surface area contributed by atoms with Crippen LogP contribution in [-0.2, 0) is 12.4 Å². The van der Waals surface area contributed by atoms with Gasteiger partial charge in [0, 0.05) is 13.0 Å². The molecule has 0 aromatic carbocycles. The molecule has 1 heterocycles. The summed E-state index contributed by atoms with van der Waals surface area (Å²) >= 11 is -1.60. The molecular weight excluding hydrogens is 219 g/mol. The highest BCUT2D eigenvalue weighted by Crippen LogP contribution is 2.13. The maximum absolute atomic E-state index is 11.5. The first kappa shape index (κ1) is 14.0. The van der Waals surface area contributed by atoms with Gasteiger partial charge in [0.25, 0.3) is 5.97 Å². The second kappa shape index (κ2) is 9.04. The van der Waals surface area contributed by atoms with Crippen LogP contribution in [0.1, 0.15) is 58.3 Å². The molecule has 0 aromatic heterocycles. The molecule has 0 amide bonds. The van der Waals surface area contributed by atoms with Crippen LogP contribution in [0.15, 0.2) is 0 Å². The molecule has 16 heavy (non-hydrogen) atoms. The quantitative estimate of drug-likeness (QED) is 0.508. The summed E-state index contributed by atoms with van der Waals surface area (Å²) in [5, 5.41) is 1.00. The summed E-state index contributed by atoms with van der Waals surface area (Å²) in [6.45, 7) is 2.99. The zero-order valence-corrected chi connectivity index (χ0v) is 11.5. The Bertz CT molecular complexity index is 191. The van der Waals surface area contributed by atoms with Crippen molar-refractivity contribution >= 4 is 20.8 Å². The lowest BCUT2D eigenvalue weighted by atomic mass is 10.1. The van der Waals surface area contributed by atoms with Crippen molar-refractivity contribution in [1.82, 2.24) is 0 Å². The van der Waals surface area contributed by atoms with Gasteiger partial charge >= 0.3 is 14.8 Å². The van der Waals surface area contributed by atoms with Gasteiger partial charge in [-0.05, 0) is 18.1 Å². The topological polar surface area (TPSA) is 35.5 Å². The largest absolute Gasteiger partial charge is 0.767 e. The smallest absolute Gasteiger partial charge is 0.595 e. The van der Waals surface area contributed by atoms with E-state index in [-0.39, 0.29) is 5.97 Å². The Kier molecular flexibility index (Phi) is 7.92. The average Bonchev–Trinajstić information content (AvgIpc) is 2.30. The number of hydrogen-bond donors (Lipinski definition) is 0. The first-order valence-corrected chi connectivity index (χ1v) is 8.40. The molecule has 0 N–H and O–H groups in total. The standard InChI is InChI=1S/C8H16O2.C4H8O.Al/c1-2-3-4-5-6-7-8(9)10;1-2-3-4-5;/h2-7H2,1H3,(H,9,10);1-4H2;/q;-1;+2/p-1. The van der Waals surface area contributed by atoms with Crippen molar-refractivity contribution in [2.75, 3.05) is 6.61 Å². The van der Waals surface area contributed by atoms with Crippen LogP contribution in [0.5, 0.6) is 0 Å². The molecule has 0 spiro atoms. The lowest BCUT2D eigenvalue weighted by Gasteiger charge is -2.17. The van der Waals surface area contributed by atoms with Crippen LogP contribution in [0.4, 0.5) is 0 Å². The van der Waals surface area contributed by atoms with Crippen molar-refractivity contribution in [1.29, 1.82) is 0 Å². The zero-order valence-electron chi connectivity index (χ0n) is 10.4. The normalized spacial score (nSPS) is 16.2. The number of carbonyl (C=O) groups is 1. The van der Waals surface area contributed by atoms with E-state index < -0.39 is 14.8 Å². The van der Waals surface area contributed by atoms with Gasteiger partial charge in [-0.2, -0.15) is 0 Å². The van der Waals surface area contributed by atoms with Crippen LogP contribution >= 0.6 is 0 Å². The molecule has 0 atom stereocenters. The van der Waals surface area contributed by atoms with Gasteiger partial charge < -0.3 is 7.58 Å². The number of rotatable bonds is 7. The Morgan fingerprint density at radius 2 is 2.06 bits per heavy atom. The number of carbonyl (C=O) groups excluding carboxylic acids is 1. The summed E-state index contributed by atoms with van der Waals surface area (Å²) in [5.74, 6) is -0.0323. The lowest BCUT2D eigenvalue weighted by molar-refractivity contribution is -0.136. The van der Waals surface area contributed by atoms with E-state index in [1.807, 2.05) is 0 Å². The van der Waals surface area contributed by atoms with Gasteiger partial charge in [0.05, 0.1) is 0 Å². The molecule has 0 radical (unpaired) electrons. The first-order valence-electron chi connectivity index (χ1n) is 6.64. The summed E-state index contributed by atoms with van der Waals surface area (Å²) in [6, 6.07) is 0. The van der Waals surface area contributed by atoms with Gasteiger partial charge in [-0.15, -0.1) is 0 Å². The van der Waals surface area contributed by atoms with E-state index in [1.165, 1.54) is 25.7 Å². The predicted octanol–water partition coefficient (Wildman–Crippen LogP) is 3.19. The van der Waals surface area contributed by atoms with Gasteiger partial charge in [-0.3, -0.25) is 4.79 Å². The molecule has 0 saturated carbocycles. The summed E-state index contributed by atoms with van der Waals surface area (Å²) in [6.07, 6.45) is 8.75. The predicted molar refractivity (Wildman–Crippen MR) is 65.2 cm³/mol. The summed E-state index contributed by atoms with van der Waals surface area (Å²) in [4.78, 5) is 11.5. The molecule has 1 rings (SSSR count). The van der Waals surface area contributed by atoms with Crippen molar-refractivity contribution < 1.29 is 12.4 Å². The van der Waals surface area contributed by atoms with Gasteiger partial charge in [0.1, 0.15) is 0 Å². The van der Waals surface area contributed by atoms with Gasteiger partial charge in [-0.25, -0.2) is 0 Å². The fourth-order valence-corrected chi connectivity index (χ4v) is 3.70. The second-order valence-corrected chi connectivity index (χ2v) is 6.46. The highest BCUT2D eigenvalue weighted by Gasteiger charge is 2.32. The van der Waals surface area contributed by atoms with E-state index in [0.717, 1.165) is 31.2 Å². The SMILES string of the molecule is CCCCCCCC(=O)[O][Al]1[CH2]CCC[O]1. The van der Waals surface area contributed by atoms with E-state index in [9.17, 15) is 4.79 Å². The van der Waals surface area contributed by atoms with Crippen LogP contribution in [0.25, 0.3) is 0 Å². The Balaban J connectivity index is 1.97. The Morgan fingerprint density at radius 1 is 1.25 bits per heavy atom. The third kappa shape index (κ3) is 6.52. The molecule has 4 heteroatoms. The van der Waals surface area contributed by atoms with Crippen LogP contribution < -0.4 is 0 Å². The van der Waals surface area contributed by atoms with Crippen LogP contribution in [0.2, 0.25) is 5.28 Å². The molecular formula is C12H23AlO3. The fourth-order valence-electron chi connectivity index (χ4n) is 1.88. The molecule has 92 valence electrons. The van der Waals surface area contributed by atoms with E-state index in [2.05, 4.69) is 6.92 Å². The van der Waals surface area contributed by atoms with Crippen molar-refractivity contribution in [2.24, 2.45) is 0 Å². The van der Waals surface area contributed by atoms with Crippen molar-refractivity contribution in [3.05, 3.63) is 0 Å². The Hall–Kier alpha value is -0.0375. The maximum Gasteiger partial charge on any atom is 0.767 e. The maximum atomic E-state index is 11.5. The van der Waals surface area contributed by atoms with Crippen LogP contribution in [0, 0.1) is 0 Å². The monoisotopic (exact) mass is 242 g/mol. The fraction of sp³-hybridized carbons (Fsp3) is 0.917. The first-order chi connectivity index (χ1) is 7.83. The van der Waals surface area contributed by atoms with Crippen LogP contribution in [0.3, 0.4) is 0 Å². The van der Waals surface area contributed by atoms with Gasteiger partial charge in [0.2, 0.25) is 0 Å². The van der Waals surface area contributed by atoms with E-state index in [4.69, 9.17) is 7.58 Å². The minimum Gasteiger partial charge on any atom is -0.595 e. The van der Waals surface area contributed by atoms with Crippen molar-refractivity contribution in [3.63, 3.8) is 0 Å². The molecule has 0 unspecified atom stereocenters. The van der Waals surface area contributed by atoms with Crippen molar-refractivity contribution in [2.45, 2.75) is 63.6 Å². The third-order valence-electron chi connectivity index (χ3n) is 2.89. The lowest BCUT2D eigenvalue weighted by Crippen LogP contribution is -2.29. The van der Waals surface area contributed by atoms with Gasteiger partial charge in [0.15, 0.2) is 0 Å². The summed E-state index contributed by atoms with van der Waals surface area (Å²) in [7, 11) is 0. The highest BCUT2D eigenvalue weighted by molar-refractivity contribution is 6.46. The molecule has 0 aliphatic carbocycles. The Labute approximate surface area is 104 Å². The van der Waals surface area contributed by atoms with E-state index in [0.29, 0.717) is 6.42 Å². The van der Waals surface area contributed by atoms with E-state index >= 15 is 0 Å². The van der Waals surface area contributed by atoms with Gasteiger partial charge in [-0.1, -0.05) is 39.0 Å². The average molecular weight is 242 g/mol. The highest BCUT2D eigenvalue weighted by atomic mass is 27.2. The third-order valence-corrected chi connectivity index (χ3v) is 4.90. The minimum atomic E-state index is -1.60. The van der Waals surface area contributed by atoms with E-state index in [1.54, 1.807) is 0 Å². The molecule has 0 aromatic rings. The van der Waals surface area contributed by atoms with Crippen LogP contribution in [-0.4, -0.2) is 27.4 Å². The number of hydrogen-bond acceptors (Lipinski definition) is 3. The van der Waals surface area contributed by atoms with Crippen molar-refractivity contribution in [3.8, 4) is 0 Å². The summed E-state index contributed by atoms with van der Waals surface area (Å²) < 4.78 is 10.9. The second-order valence-electron chi connectivity index (χ2n) is 4.45. The Morgan fingerprint density at radius 3 is 2.75 bits per heavy atom. The molecule has 1 fully saturated rings. The molecule has 3 nitrogen and oxygen atoms in total. The molecule has 1 aliphatic heterocycles. The molecule has 0 bridgehead atoms. The minimum absolute atomic E-state index is 0.0323. The summed E-state index contributed by atoms with van der Waals surface area (Å²) in [5.41, 5.74) is 0. The molecule has 1 aliphatic rings. The number of unbranched alkanes of at least 4 members (excludes halogenated alkanes) is 4. The zero-order chi connectivity index (χ0) is 11.6. The molecule has 1 saturated heterocycles.